The summed E-state index contributed by atoms with van der Waals surface area (Å²) in [7, 11) is 2.12. The van der Waals surface area contributed by atoms with Crippen molar-refractivity contribution in [1.29, 1.82) is 0 Å². The van der Waals surface area contributed by atoms with Crippen molar-refractivity contribution in [2.75, 3.05) is 25.0 Å². The lowest BCUT2D eigenvalue weighted by atomic mass is 9.96. The average Bonchev–Trinajstić information content (AvgIpc) is 3.19. The Morgan fingerprint density at radius 1 is 1.21 bits per heavy atom. The molecule has 0 bridgehead atoms. The van der Waals surface area contributed by atoms with Gasteiger partial charge in [0.2, 0.25) is 5.89 Å². The fourth-order valence-corrected chi connectivity index (χ4v) is 3.34. The molecule has 0 unspecified atom stereocenters. The van der Waals surface area contributed by atoms with Gasteiger partial charge in [-0.3, -0.25) is 4.90 Å². The van der Waals surface area contributed by atoms with E-state index in [0.717, 1.165) is 48.6 Å². The van der Waals surface area contributed by atoms with Crippen LogP contribution >= 0.6 is 0 Å². The molecular formula is C20H29N7O. The molecule has 150 valence electrons. The molecule has 28 heavy (non-hydrogen) atoms. The molecule has 0 spiro atoms. The minimum atomic E-state index is -0.104. The third-order valence-corrected chi connectivity index (χ3v) is 5.25. The first-order valence-corrected chi connectivity index (χ1v) is 9.85. The molecule has 0 aromatic carbocycles. The maximum Gasteiger partial charge on any atom is 0.208 e. The lowest BCUT2D eigenvalue weighted by Crippen LogP contribution is -2.58. The summed E-state index contributed by atoms with van der Waals surface area (Å²) >= 11 is 0. The monoisotopic (exact) mass is 383 g/mol. The number of nitrogens with zero attached hydrogens (tertiary/aromatic N) is 7. The van der Waals surface area contributed by atoms with Crippen LogP contribution in [0.4, 0.5) is 5.82 Å². The van der Waals surface area contributed by atoms with Crippen LogP contribution in [-0.2, 0) is 12.0 Å². The van der Waals surface area contributed by atoms with Gasteiger partial charge in [-0.2, -0.15) is 4.52 Å². The summed E-state index contributed by atoms with van der Waals surface area (Å²) in [6.07, 6.45) is 1.84. The quantitative estimate of drug-likeness (QED) is 0.670. The summed E-state index contributed by atoms with van der Waals surface area (Å²) in [6.45, 7) is 13.2. The van der Waals surface area contributed by atoms with E-state index in [4.69, 9.17) is 9.52 Å². The van der Waals surface area contributed by atoms with E-state index in [2.05, 4.69) is 66.6 Å². The Labute approximate surface area is 165 Å². The van der Waals surface area contributed by atoms with Gasteiger partial charge in [0.25, 0.3) is 0 Å². The van der Waals surface area contributed by atoms with Crippen molar-refractivity contribution >= 4 is 11.5 Å². The maximum atomic E-state index is 5.83. The summed E-state index contributed by atoms with van der Waals surface area (Å²) < 4.78 is 7.70. The maximum absolute atomic E-state index is 5.83. The summed E-state index contributed by atoms with van der Waals surface area (Å²) in [6, 6.07) is 4.47. The zero-order valence-electron chi connectivity index (χ0n) is 17.5. The van der Waals surface area contributed by atoms with Crippen molar-refractivity contribution in [2.45, 2.75) is 58.5 Å². The third kappa shape index (κ3) is 3.48. The highest BCUT2D eigenvalue weighted by Crippen LogP contribution is 2.25. The molecule has 3 aromatic heterocycles. The fourth-order valence-electron chi connectivity index (χ4n) is 3.34. The van der Waals surface area contributed by atoms with Gasteiger partial charge < -0.3 is 9.32 Å². The van der Waals surface area contributed by atoms with E-state index in [-0.39, 0.29) is 5.41 Å². The lowest BCUT2D eigenvalue weighted by molar-refractivity contribution is 0.179. The van der Waals surface area contributed by atoms with Crippen LogP contribution in [-0.4, -0.2) is 55.9 Å². The summed E-state index contributed by atoms with van der Waals surface area (Å²) in [4.78, 5) is 8.98. The third-order valence-electron chi connectivity index (χ3n) is 5.25. The normalized spacial score (nSPS) is 15.8. The SMILES string of the molecule is CC(C)c1cnc(CN(C)C2CN(c3ccc4nnc(C(C)(C)C)n4n3)C2)o1. The van der Waals surface area contributed by atoms with Crippen molar-refractivity contribution in [3.8, 4) is 0 Å². The van der Waals surface area contributed by atoms with E-state index in [1.54, 1.807) is 0 Å². The van der Waals surface area contributed by atoms with Crippen LogP contribution in [0.25, 0.3) is 5.65 Å². The van der Waals surface area contributed by atoms with Crippen molar-refractivity contribution in [3.05, 3.63) is 35.8 Å². The van der Waals surface area contributed by atoms with Gasteiger partial charge in [0.05, 0.1) is 12.7 Å². The predicted octanol–water partition coefficient (Wildman–Crippen LogP) is 2.85. The van der Waals surface area contributed by atoms with E-state index in [1.165, 1.54) is 0 Å². The molecule has 0 radical (unpaired) electrons. The second-order valence-corrected chi connectivity index (χ2v) is 9.02. The highest BCUT2D eigenvalue weighted by Gasteiger charge is 2.32. The topological polar surface area (TPSA) is 75.6 Å². The molecule has 0 atom stereocenters. The van der Waals surface area contributed by atoms with Crippen molar-refractivity contribution in [2.24, 2.45) is 0 Å². The summed E-state index contributed by atoms with van der Waals surface area (Å²) in [5.41, 5.74) is 0.681. The molecule has 0 N–H and O–H groups in total. The number of anilines is 1. The van der Waals surface area contributed by atoms with Gasteiger partial charge in [-0.25, -0.2) is 4.98 Å². The van der Waals surface area contributed by atoms with Crippen molar-refractivity contribution in [1.82, 2.24) is 29.7 Å². The first-order valence-electron chi connectivity index (χ1n) is 9.85. The molecule has 1 aliphatic rings. The van der Waals surface area contributed by atoms with Gasteiger partial charge >= 0.3 is 0 Å². The van der Waals surface area contributed by atoms with Gasteiger partial charge in [0.1, 0.15) is 11.6 Å². The molecule has 4 heterocycles. The fraction of sp³-hybridized carbons (Fsp3) is 0.600. The molecule has 0 aliphatic carbocycles. The van der Waals surface area contributed by atoms with E-state index < -0.39 is 0 Å². The van der Waals surface area contributed by atoms with E-state index in [0.29, 0.717) is 12.0 Å². The van der Waals surface area contributed by atoms with E-state index >= 15 is 0 Å². The van der Waals surface area contributed by atoms with Crippen molar-refractivity contribution in [3.63, 3.8) is 0 Å². The van der Waals surface area contributed by atoms with Gasteiger partial charge in [0, 0.05) is 30.5 Å². The first kappa shape index (κ1) is 18.9. The zero-order valence-corrected chi connectivity index (χ0v) is 17.5. The summed E-state index contributed by atoms with van der Waals surface area (Å²) in [5.74, 6) is 3.93. The second-order valence-electron chi connectivity index (χ2n) is 9.02. The zero-order chi connectivity index (χ0) is 20.1. The van der Waals surface area contributed by atoms with E-state index in [9.17, 15) is 0 Å². The Morgan fingerprint density at radius 2 is 1.96 bits per heavy atom. The number of likely N-dealkylation sites (N-methyl/N-ethyl adjacent to an activating group) is 1. The number of fused-ring (bicyclic) bond motifs is 1. The molecule has 8 nitrogen and oxygen atoms in total. The van der Waals surface area contributed by atoms with Crippen LogP contribution in [0, 0.1) is 0 Å². The largest absolute Gasteiger partial charge is 0.444 e. The molecule has 3 aromatic rings. The molecule has 1 saturated heterocycles. The highest BCUT2D eigenvalue weighted by molar-refractivity contribution is 5.48. The van der Waals surface area contributed by atoms with Crippen molar-refractivity contribution < 1.29 is 4.42 Å². The van der Waals surface area contributed by atoms with Crippen LogP contribution in [0.5, 0.6) is 0 Å². The molecular weight excluding hydrogens is 354 g/mol. The van der Waals surface area contributed by atoms with Crippen LogP contribution in [0.15, 0.2) is 22.7 Å². The Balaban J connectivity index is 1.41. The molecule has 0 amide bonds. The lowest BCUT2D eigenvalue weighted by Gasteiger charge is -2.44. The Kier molecular flexibility index (Phi) is 4.61. The molecule has 1 aliphatic heterocycles. The van der Waals surface area contributed by atoms with Crippen LogP contribution in [0.2, 0.25) is 0 Å². The number of rotatable bonds is 5. The Hall–Kier alpha value is -2.48. The number of hydrogen-bond acceptors (Lipinski definition) is 7. The van der Waals surface area contributed by atoms with Gasteiger partial charge in [-0.1, -0.05) is 34.6 Å². The number of aromatic nitrogens is 5. The molecule has 1 fully saturated rings. The minimum Gasteiger partial charge on any atom is -0.444 e. The van der Waals surface area contributed by atoms with Crippen LogP contribution < -0.4 is 4.90 Å². The molecule has 4 rings (SSSR count). The van der Waals surface area contributed by atoms with E-state index in [1.807, 2.05) is 22.8 Å². The standard InChI is InChI=1S/C20H29N7O/c1-13(2)15-9-21-18(28-15)12-25(6)14-10-26(11-14)17-8-7-16-22-23-19(20(3,4)5)27(16)24-17/h7-9,13-14H,10-12H2,1-6H3. The van der Waals surface area contributed by atoms with Gasteiger partial charge in [-0.15, -0.1) is 15.3 Å². The Morgan fingerprint density at radius 3 is 2.61 bits per heavy atom. The number of hydrogen-bond donors (Lipinski definition) is 0. The Bertz CT molecular complexity index is 962. The van der Waals surface area contributed by atoms with Crippen LogP contribution in [0.1, 0.15) is 58.0 Å². The van der Waals surface area contributed by atoms with Gasteiger partial charge in [-0.05, 0) is 19.2 Å². The highest BCUT2D eigenvalue weighted by atomic mass is 16.4. The second kappa shape index (κ2) is 6.84. The first-order chi connectivity index (χ1) is 13.2. The average molecular weight is 384 g/mol. The minimum absolute atomic E-state index is 0.104. The summed E-state index contributed by atoms with van der Waals surface area (Å²) in [5, 5.41) is 13.4. The number of oxazole rings is 1. The van der Waals surface area contributed by atoms with Gasteiger partial charge in [0.15, 0.2) is 11.5 Å². The molecule has 8 heteroatoms. The molecule has 0 saturated carbocycles. The predicted molar refractivity (Wildman–Crippen MR) is 108 cm³/mol. The van der Waals surface area contributed by atoms with Crippen LogP contribution in [0.3, 0.4) is 0 Å². The smallest absolute Gasteiger partial charge is 0.208 e.